The zero-order valence-corrected chi connectivity index (χ0v) is 12.4. The molecular weight excluding hydrogens is 288 g/mol. The van der Waals surface area contributed by atoms with Crippen LogP contribution >= 0.6 is 0 Å². The minimum atomic E-state index is -0.821. The Morgan fingerprint density at radius 1 is 1.18 bits per heavy atom. The molecule has 3 nitrogen and oxygen atoms in total. The van der Waals surface area contributed by atoms with Crippen LogP contribution in [0.2, 0.25) is 0 Å². The van der Waals surface area contributed by atoms with Gasteiger partial charge in [0, 0.05) is 6.07 Å². The first-order chi connectivity index (χ1) is 10.5. The van der Waals surface area contributed by atoms with Gasteiger partial charge in [-0.2, -0.15) is 0 Å². The first-order valence-electron chi connectivity index (χ1n) is 6.99. The van der Waals surface area contributed by atoms with Gasteiger partial charge in [-0.15, -0.1) is 0 Å². The van der Waals surface area contributed by atoms with E-state index in [1.807, 2.05) is 19.1 Å². The summed E-state index contributed by atoms with van der Waals surface area (Å²) in [7, 11) is 0. The van der Waals surface area contributed by atoms with Crippen LogP contribution < -0.4 is 10.1 Å². The van der Waals surface area contributed by atoms with Crippen LogP contribution in [-0.2, 0) is 4.79 Å². The molecule has 0 bridgehead atoms. The Bertz CT molecular complexity index is 656. The van der Waals surface area contributed by atoms with E-state index in [0.29, 0.717) is 12.2 Å². The van der Waals surface area contributed by atoms with Gasteiger partial charge >= 0.3 is 0 Å². The van der Waals surface area contributed by atoms with Gasteiger partial charge in [0.25, 0.3) is 5.91 Å². The van der Waals surface area contributed by atoms with Crippen molar-refractivity contribution in [2.45, 2.75) is 26.4 Å². The maximum Gasteiger partial charge on any atom is 0.265 e. The molecular formula is C17H17F2NO2. The molecule has 0 aliphatic carbocycles. The van der Waals surface area contributed by atoms with Crippen LogP contribution in [0.25, 0.3) is 0 Å². The van der Waals surface area contributed by atoms with Crippen LogP contribution in [0.15, 0.2) is 42.5 Å². The fraction of sp³-hybridized carbons (Fsp3) is 0.235. The number of halogens is 2. The molecule has 0 aliphatic rings. The van der Waals surface area contributed by atoms with Gasteiger partial charge in [-0.1, -0.05) is 24.6 Å². The molecule has 2 aromatic rings. The second-order valence-corrected chi connectivity index (χ2v) is 4.94. The summed E-state index contributed by atoms with van der Waals surface area (Å²) >= 11 is 0. The van der Waals surface area contributed by atoms with Crippen LogP contribution in [0.4, 0.5) is 14.5 Å². The number of nitrogens with one attached hydrogen (secondary N) is 1. The molecule has 2 aromatic carbocycles. The highest BCUT2D eigenvalue weighted by Gasteiger charge is 2.19. The highest BCUT2D eigenvalue weighted by atomic mass is 19.1. The van der Waals surface area contributed by atoms with E-state index in [2.05, 4.69) is 5.32 Å². The largest absolute Gasteiger partial charge is 0.481 e. The molecule has 0 fully saturated rings. The SMILES string of the molecule is CC[C@H](Oc1ccc(C)cc1)C(=O)Nc1ccc(F)cc1F. The van der Waals surface area contributed by atoms with Crippen LogP contribution in [0.5, 0.6) is 5.75 Å². The standard InChI is InChI=1S/C17H17F2NO2/c1-3-16(22-13-7-4-11(2)5-8-13)17(21)20-15-9-6-12(18)10-14(15)19/h4-10,16H,3H2,1-2H3,(H,20,21)/t16-/m0/s1. The third-order valence-electron chi connectivity index (χ3n) is 3.15. The van der Waals surface area contributed by atoms with E-state index in [-0.39, 0.29) is 5.69 Å². The van der Waals surface area contributed by atoms with Crippen molar-refractivity contribution in [2.24, 2.45) is 0 Å². The fourth-order valence-corrected chi connectivity index (χ4v) is 1.91. The van der Waals surface area contributed by atoms with Crippen molar-refractivity contribution in [2.75, 3.05) is 5.32 Å². The third kappa shape index (κ3) is 4.04. The minimum absolute atomic E-state index is 0.0719. The summed E-state index contributed by atoms with van der Waals surface area (Å²) in [5.74, 6) is -1.43. The lowest BCUT2D eigenvalue weighted by atomic mass is 10.2. The van der Waals surface area contributed by atoms with Crippen molar-refractivity contribution < 1.29 is 18.3 Å². The Balaban J connectivity index is 2.06. The number of carbonyl (C=O) groups is 1. The van der Waals surface area contributed by atoms with Crippen LogP contribution in [0.3, 0.4) is 0 Å². The number of carbonyl (C=O) groups excluding carboxylic acids is 1. The average Bonchev–Trinajstić information content (AvgIpc) is 2.49. The molecule has 0 spiro atoms. The number of rotatable bonds is 5. The molecule has 1 N–H and O–H groups in total. The van der Waals surface area contributed by atoms with Gasteiger partial charge in [0.05, 0.1) is 5.69 Å². The van der Waals surface area contributed by atoms with Gasteiger partial charge in [-0.3, -0.25) is 4.79 Å². The number of aryl methyl sites for hydroxylation is 1. The molecule has 0 saturated carbocycles. The topological polar surface area (TPSA) is 38.3 Å². The molecule has 0 heterocycles. The number of hydrogen-bond donors (Lipinski definition) is 1. The number of amides is 1. The number of anilines is 1. The predicted molar refractivity (Wildman–Crippen MR) is 80.9 cm³/mol. The fourth-order valence-electron chi connectivity index (χ4n) is 1.91. The van der Waals surface area contributed by atoms with E-state index in [1.54, 1.807) is 19.1 Å². The second kappa shape index (κ2) is 7.02. The maximum atomic E-state index is 13.6. The number of benzene rings is 2. The Morgan fingerprint density at radius 3 is 2.45 bits per heavy atom. The zero-order chi connectivity index (χ0) is 16.1. The molecule has 5 heteroatoms. The summed E-state index contributed by atoms with van der Waals surface area (Å²) in [6.07, 6.45) is -0.338. The predicted octanol–water partition coefficient (Wildman–Crippen LogP) is 4.07. The summed E-state index contributed by atoms with van der Waals surface area (Å²) in [6.45, 7) is 3.74. The van der Waals surface area contributed by atoms with E-state index >= 15 is 0 Å². The molecule has 1 amide bonds. The average molecular weight is 305 g/mol. The van der Waals surface area contributed by atoms with E-state index in [1.165, 1.54) is 6.07 Å². The van der Waals surface area contributed by atoms with E-state index in [9.17, 15) is 13.6 Å². The quantitative estimate of drug-likeness (QED) is 0.904. The van der Waals surface area contributed by atoms with Gasteiger partial charge in [0.2, 0.25) is 0 Å². The van der Waals surface area contributed by atoms with E-state index in [4.69, 9.17) is 4.74 Å². The van der Waals surface area contributed by atoms with Crippen molar-refractivity contribution in [1.29, 1.82) is 0 Å². The summed E-state index contributed by atoms with van der Waals surface area (Å²) in [4.78, 5) is 12.2. The van der Waals surface area contributed by atoms with E-state index < -0.39 is 23.6 Å². The van der Waals surface area contributed by atoms with Crippen molar-refractivity contribution in [3.63, 3.8) is 0 Å². The number of ether oxygens (including phenoxy) is 1. The zero-order valence-electron chi connectivity index (χ0n) is 12.4. The Kier molecular flexibility index (Phi) is 5.09. The molecule has 0 radical (unpaired) electrons. The lowest BCUT2D eigenvalue weighted by Crippen LogP contribution is -2.32. The molecule has 0 aliphatic heterocycles. The summed E-state index contributed by atoms with van der Waals surface area (Å²) in [6, 6.07) is 10.3. The first-order valence-corrected chi connectivity index (χ1v) is 6.99. The minimum Gasteiger partial charge on any atom is -0.481 e. The lowest BCUT2D eigenvalue weighted by molar-refractivity contribution is -0.122. The highest BCUT2D eigenvalue weighted by molar-refractivity contribution is 5.94. The molecule has 0 unspecified atom stereocenters. The smallest absolute Gasteiger partial charge is 0.265 e. The summed E-state index contributed by atoms with van der Waals surface area (Å²) in [5, 5.41) is 2.41. The Morgan fingerprint density at radius 2 is 1.86 bits per heavy atom. The maximum absolute atomic E-state index is 13.6. The van der Waals surface area contributed by atoms with Gasteiger partial charge in [0.1, 0.15) is 17.4 Å². The lowest BCUT2D eigenvalue weighted by Gasteiger charge is -2.17. The normalized spacial score (nSPS) is 11.8. The van der Waals surface area contributed by atoms with Crippen molar-refractivity contribution in [3.8, 4) is 5.75 Å². The summed E-state index contributed by atoms with van der Waals surface area (Å²) < 4.78 is 32.0. The van der Waals surface area contributed by atoms with Crippen LogP contribution in [0, 0.1) is 18.6 Å². The molecule has 1 atom stereocenters. The monoisotopic (exact) mass is 305 g/mol. The molecule has 2 rings (SSSR count). The van der Waals surface area contributed by atoms with E-state index in [0.717, 1.165) is 17.7 Å². The molecule has 0 aromatic heterocycles. The Hall–Kier alpha value is -2.43. The summed E-state index contributed by atoms with van der Waals surface area (Å²) in [5.41, 5.74) is 1.01. The van der Waals surface area contributed by atoms with Gasteiger partial charge in [-0.05, 0) is 37.6 Å². The second-order valence-electron chi connectivity index (χ2n) is 4.94. The van der Waals surface area contributed by atoms with Crippen molar-refractivity contribution in [1.82, 2.24) is 0 Å². The molecule has 116 valence electrons. The first kappa shape index (κ1) is 15.9. The van der Waals surface area contributed by atoms with Crippen molar-refractivity contribution in [3.05, 3.63) is 59.7 Å². The third-order valence-corrected chi connectivity index (χ3v) is 3.15. The number of hydrogen-bond acceptors (Lipinski definition) is 2. The van der Waals surface area contributed by atoms with Gasteiger partial charge in [-0.25, -0.2) is 8.78 Å². The van der Waals surface area contributed by atoms with Crippen molar-refractivity contribution >= 4 is 11.6 Å². The van der Waals surface area contributed by atoms with Gasteiger partial charge in [0.15, 0.2) is 6.10 Å². The van der Waals surface area contributed by atoms with Crippen LogP contribution in [0.1, 0.15) is 18.9 Å². The van der Waals surface area contributed by atoms with Crippen LogP contribution in [-0.4, -0.2) is 12.0 Å². The Labute approximate surface area is 127 Å². The molecule has 0 saturated heterocycles. The highest BCUT2D eigenvalue weighted by Crippen LogP contribution is 2.18. The van der Waals surface area contributed by atoms with Gasteiger partial charge < -0.3 is 10.1 Å². The molecule has 22 heavy (non-hydrogen) atoms.